The molecular formula is C23H17Cl2N3O2S2. The number of thiocarbonyl (C=S) groups is 1. The van der Waals surface area contributed by atoms with Crippen LogP contribution in [0.1, 0.15) is 16.9 Å². The summed E-state index contributed by atoms with van der Waals surface area (Å²) in [6.45, 7) is 4.06. The second kappa shape index (κ2) is 9.42. The summed E-state index contributed by atoms with van der Waals surface area (Å²) in [6, 6.07) is 12.8. The highest BCUT2D eigenvalue weighted by atomic mass is 35.5. The van der Waals surface area contributed by atoms with Crippen molar-refractivity contribution in [1.82, 2.24) is 10.3 Å². The Hall–Kier alpha value is -2.71. The lowest BCUT2D eigenvalue weighted by Gasteiger charge is -2.04. The summed E-state index contributed by atoms with van der Waals surface area (Å²) < 4.78 is 6.81. The van der Waals surface area contributed by atoms with E-state index in [9.17, 15) is 4.79 Å². The van der Waals surface area contributed by atoms with E-state index >= 15 is 0 Å². The fourth-order valence-electron chi connectivity index (χ4n) is 3.14. The number of fused-ring (bicyclic) bond motifs is 1. The van der Waals surface area contributed by atoms with Gasteiger partial charge in [-0.3, -0.25) is 10.1 Å². The second-order valence-corrected chi connectivity index (χ2v) is 9.33. The van der Waals surface area contributed by atoms with Crippen molar-refractivity contribution in [3.8, 4) is 11.3 Å². The first-order chi connectivity index (χ1) is 15.3. The van der Waals surface area contributed by atoms with E-state index in [2.05, 4.69) is 27.8 Å². The van der Waals surface area contributed by atoms with Crippen molar-refractivity contribution in [3.05, 3.63) is 75.5 Å². The monoisotopic (exact) mass is 501 g/mol. The number of thiazole rings is 1. The van der Waals surface area contributed by atoms with Crippen LogP contribution in [0, 0.1) is 13.8 Å². The molecule has 0 saturated heterocycles. The molecule has 32 heavy (non-hydrogen) atoms. The fourth-order valence-corrected chi connectivity index (χ4v) is 4.95. The van der Waals surface area contributed by atoms with Crippen molar-refractivity contribution in [2.75, 3.05) is 5.32 Å². The highest BCUT2D eigenvalue weighted by Crippen LogP contribution is 2.32. The van der Waals surface area contributed by atoms with Crippen LogP contribution < -0.4 is 10.6 Å². The van der Waals surface area contributed by atoms with Gasteiger partial charge >= 0.3 is 0 Å². The Kier molecular flexibility index (Phi) is 6.62. The second-order valence-electron chi connectivity index (χ2n) is 7.05. The molecule has 0 aliphatic carbocycles. The quantitative estimate of drug-likeness (QED) is 0.232. The molecule has 0 atom stereocenters. The summed E-state index contributed by atoms with van der Waals surface area (Å²) in [4.78, 5) is 16.8. The molecule has 0 saturated carbocycles. The maximum atomic E-state index is 12.2. The summed E-state index contributed by atoms with van der Waals surface area (Å²) in [5.74, 6) is 0.681. The fraction of sp³-hybridized carbons (Fsp3) is 0.0870. The third kappa shape index (κ3) is 5.19. The van der Waals surface area contributed by atoms with Gasteiger partial charge in [0.25, 0.3) is 0 Å². The number of carbonyl (C=O) groups is 1. The smallest absolute Gasteiger partial charge is 0.250 e. The molecule has 0 fully saturated rings. The molecular weight excluding hydrogens is 485 g/mol. The Morgan fingerprint density at radius 2 is 1.97 bits per heavy atom. The molecule has 0 bridgehead atoms. The van der Waals surface area contributed by atoms with Crippen molar-refractivity contribution >= 4 is 79.2 Å². The number of nitrogens with one attached hydrogen (secondary N) is 2. The molecule has 0 radical (unpaired) electrons. The summed E-state index contributed by atoms with van der Waals surface area (Å²) in [5, 5.41) is 7.39. The van der Waals surface area contributed by atoms with Gasteiger partial charge in [-0.05, 0) is 79.7 Å². The molecule has 5 nitrogen and oxygen atoms in total. The molecule has 0 spiro atoms. The van der Waals surface area contributed by atoms with E-state index in [4.69, 9.17) is 39.8 Å². The minimum atomic E-state index is -0.391. The largest absolute Gasteiger partial charge is 0.457 e. The van der Waals surface area contributed by atoms with Crippen LogP contribution >= 0.6 is 46.8 Å². The predicted molar refractivity (Wildman–Crippen MR) is 137 cm³/mol. The van der Waals surface area contributed by atoms with Crippen molar-refractivity contribution in [2.24, 2.45) is 0 Å². The first-order valence-electron chi connectivity index (χ1n) is 9.51. The minimum Gasteiger partial charge on any atom is -0.457 e. The van der Waals surface area contributed by atoms with E-state index in [0.717, 1.165) is 15.8 Å². The molecule has 9 heteroatoms. The summed E-state index contributed by atoms with van der Waals surface area (Å²) in [5.41, 5.74) is 3.91. The van der Waals surface area contributed by atoms with Crippen LogP contribution in [0.2, 0.25) is 10.0 Å². The van der Waals surface area contributed by atoms with Crippen LogP contribution in [0.15, 0.2) is 53.0 Å². The average molecular weight is 502 g/mol. The van der Waals surface area contributed by atoms with E-state index in [-0.39, 0.29) is 5.11 Å². The Balaban J connectivity index is 1.38. The number of amides is 1. The van der Waals surface area contributed by atoms with Gasteiger partial charge in [-0.25, -0.2) is 4.98 Å². The zero-order chi connectivity index (χ0) is 22.8. The molecule has 2 aromatic heterocycles. The molecule has 1 amide bonds. The number of carbonyl (C=O) groups excluding carboxylic acids is 1. The molecule has 4 rings (SSSR count). The number of hydrogen-bond donors (Lipinski definition) is 2. The van der Waals surface area contributed by atoms with E-state index in [0.29, 0.717) is 32.3 Å². The molecule has 0 aliphatic heterocycles. The number of aryl methyl sites for hydroxylation is 2. The van der Waals surface area contributed by atoms with Crippen LogP contribution in [0.4, 0.5) is 5.13 Å². The summed E-state index contributed by atoms with van der Waals surface area (Å²) in [6.07, 6.45) is 2.89. The number of halogens is 2. The van der Waals surface area contributed by atoms with Gasteiger partial charge in [-0.1, -0.05) is 40.6 Å². The Bertz CT molecular complexity index is 1380. The van der Waals surface area contributed by atoms with Gasteiger partial charge in [0.2, 0.25) is 5.91 Å². The molecule has 2 aromatic carbocycles. The summed E-state index contributed by atoms with van der Waals surface area (Å²) >= 11 is 18.9. The van der Waals surface area contributed by atoms with Gasteiger partial charge in [0.1, 0.15) is 11.5 Å². The number of furan rings is 1. The van der Waals surface area contributed by atoms with Crippen LogP contribution in [0.5, 0.6) is 0 Å². The molecule has 0 aliphatic rings. The van der Waals surface area contributed by atoms with E-state index in [1.165, 1.54) is 23.0 Å². The van der Waals surface area contributed by atoms with Gasteiger partial charge in [0.05, 0.1) is 15.2 Å². The number of rotatable bonds is 4. The van der Waals surface area contributed by atoms with E-state index < -0.39 is 5.91 Å². The van der Waals surface area contributed by atoms with Gasteiger partial charge in [-0.15, -0.1) is 0 Å². The van der Waals surface area contributed by atoms with Crippen molar-refractivity contribution in [1.29, 1.82) is 0 Å². The number of anilines is 1. The number of nitrogens with zero attached hydrogens (tertiary/aromatic N) is 1. The van der Waals surface area contributed by atoms with Crippen LogP contribution in [0.25, 0.3) is 27.6 Å². The standard InChI is InChI=1S/C23H17Cl2N3O2S2/c1-12-9-13(2)21-19(10-12)32-23(27-21)28-22(31)26-20(29)8-5-15-4-7-18(30-15)16-6-3-14(24)11-17(16)25/h3-11H,1-2H3,(H2,26,27,28,29,31)/b8-5+. The zero-order valence-electron chi connectivity index (χ0n) is 17.0. The Morgan fingerprint density at radius 3 is 2.75 bits per heavy atom. The first-order valence-corrected chi connectivity index (χ1v) is 11.5. The average Bonchev–Trinajstić information content (AvgIpc) is 3.33. The van der Waals surface area contributed by atoms with Gasteiger partial charge in [0, 0.05) is 16.7 Å². The van der Waals surface area contributed by atoms with Crippen LogP contribution in [-0.4, -0.2) is 16.0 Å². The third-order valence-electron chi connectivity index (χ3n) is 4.51. The molecule has 2 N–H and O–H groups in total. The number of hydrogen-bond acceptors (Lipinski definition) is 5. The lowest BCUT2D eigenvalue weighted by Crippen LogP contribution is -2.32. The maximum Gasteiger partial charge on any atom is 0.250 e. The molecule has 2 heterocycles. The molecule has 0 unspecified atom stereocenters. The SMILES string of the molecule is Cc1cc(C)c2nc(NC(=S)NC(=O)/C=C/c3ccc(-c4ccc(Cl)cc4Cl)o3)sc2c1. The highest BCUT2D eigenvalue weighted by molar-refractivity contribution is 7.80. The van der Waals surface area contributed by atoms with Crippen molar-refractivity contribution in [2.45, 2.75) is 13.8 Å². The molecule has 162 valence electrons. The Morgan fingerprint density at radius 1 is 1.16 bits per heavy atom. The normalized spacial score (nSPS) is 11.2. The van der Waals surface area contributed by atoms with E-state index in [1.807, 2.05) is 13.8 Å². The topological polar surface area (TPSA) is 67.2 Å². The van der Waals surface area contributed by atoms with Crippen LogP contribution in [-0.2, 0) is 4.79 Å². The highest BCUT2D eigenvalue weighted by Gasteiger charge is 2.11. The lowest BCUT2D eigenvalue weighted by atomic mass is 10.1. The maximum absolute atomic E-state index is 12.2. The minimum absolute atomic E-state index is 0.168. The third-order valence-corrected chi connectivity index (χ3v) is 6.18. The lowest BCUT2D eigenvalue weighted by molar-refractivity contribution is -0.115. The summed E-state index contributed by atoms with van der Waals surface area (Å²) in [7, 11) is 0. The van der Waals surface area contributed by atoms with Crippen molar-refractivity contribution in [3.63, 3.8) is 0 Å². The van der Waals surface area contributed by atoms with Crippen molar-refractivity contribution < 1.29 is 9.21 Å². The van der Waals surface area contributed by atoms with Gasteiger partial charge < -0.3 is 9.73 Å². The Labute approximate surface area is 204 Å². The first kappa shape index (κ1) is 22.5. The zero-order valence-corrected chi connectivity index (χ0v) is 20.2. The number of aromatic nitrogens is 1. The van der Waals surface area contributed by atoms with Gasteiger partial charge in [0.15, 0.2) is 10.2 Å². The predicted octanol–water partition coefficient (Wildman–Crippen LogP) is 7.01. The number of benzene rings is 2. The van der Waals surface area contributed by atoms with E-state index in [1.54, 1.807) is 36.4 Å². The van der Waals surface area contributed by atoms with Gasteiger partial charge in [-0.2, -0.15) is 0 Å². The van der Waals surface area contributed by atoms with Crippen LogP contribution in [0.3, 0.4) is 0 Å². The molecule has 4 aromatic rings.